The predicted octanol–water partition coefficient (Wildman–Crippen LogP) is 2.66. The predicted molar refractivity (Wildman–Crippen MR) is 107 cm³/mol. The third kappa shape index (κ3) is 4.79. The molecule has 7 heteroatoms. The van der Waals surface area contributed by atoms with Gasteiger partial charge in [0, 0.05) is 24.3 Å². The molecule has 1 heterocycles. The first-order valence-corrected chi connectivity index (χ1v) is 9.36. The molecule has 29 heavy (non-hydrogen) atoms. The number of amides is 2. The number of carbonyl (C=O) groups excluding carboxylic acids is 3. The second-order valence-electron chi connectivity index (χ2n) is 6.73. The topological polar surface area (TPSA) is 99.5 Å². The summed E-state index contributed by atoms with van der Waals surface area (Å²) in [5, 5.41) is 11.4. The third-order valence-corrected chi connectivity index (χ3v) is 4.76. The molecule has 2 aromatic carbocycles. The van der Waals surface area contributed by atoms with E-state index in [0.29, 0.717) is 11.3 Å². The monoisotopic (exact) mass is 391 g/mol. The van der Waals surface area contributed by atoms with Crippen LogP contribution in [0.2, 0.25) is 0 Å². The summed E-state index contributed by atoms with van der Waals surface area (Å²) in [7, 11) is 0. The number of ether oxygens (including phenoxy) is 1. The molecule has 0 aliphatic carbocycles. The Morgan fingerprint density at radius 3 is 2.62 bits per heavy atom. The summed E-state index contributed by atoms with van der Waals surface area (Å²) in [4.78, 5) is 38.4. The molecule has 0 aromatic heterocycles. The first-order chi connectivity index (χ1) is 14.0. The number of hydrogen-bond donors (Lipinski definition) is 1. The minimum atomic E-state index is -0.602. The Kier molecular flexibility index (Phi) is 6.25. The molecule has 7 nitrogen and oxygen atoms in total. The van der Waals surface area contributed by atoms with Crippen molar-refractivity contribution in [3.8, 4) is 6.07 Å². The molecule has 1 aliphatic rings. The van der Waals surface area contributed by atoms with Crippen LogP contribution in [0, 0.1) is 17.2 Å². The number of aryl methyl sites for hydroxylation is 1. The van der Waals surface area contributed by atoms with E-state index in [1.807, 2.05) is 37.3 Å². The van der Waals surface area contributed by atoms with Crippen LogP contribution in [0.1, 0.15) is 24.5 Å². The summed E-state index contributed by atoms with van der Waals surface area (Å²) in [6.07, 6.45) is 0.846. The van der Waals surface area contributed by atoms with Gasteiger partial charge in [-0.15, -0.1) is 0 Å². The van der Waals surface area contributed by atoms with E-state index in [2.05, 4.69) is 5.32 Å². The highest BCUT2D eigenvalue weighted by Crippen LogP contribution is 2.29. The van der Waals surface area contributed by atoms with Gasteiger partial charge in [-0.2, -0.15) is 5.26 Å². The lowest BCUT2D eigenvalue weighted by molar-refractivity contribution is -0.151. The average molecular weight is 391 g/mol. The van der Waals surface area contributed by atoms with Crippen LogP contribution < -0.4 is 10.2 Å². The van der Waals surface area contributed by atoms with Crippen molar-refractivity contribution < 1.29 is 19.1 Å². The van der Waals surface area contributed by atoms with Crippen LogP contribution >= 0.6 is 0 Å². The third-order valence-electron chi connectivity index (χ3n) is 4.76. The zero-order chi connectivity index (χ0) is 20.8. The van der Waals surface area contributed by atoms with Gasteiger partial charge in [0.2, 0.25) is 5.91 Å². The van der Waals surface area contributed by atoms with Gasteiger partial charge in [-0.05, 0) is 42.3 Å². The van der Waals surface area contributed by atoms with E-state index in [9.17, 15) is 14.4 Å². The van der Waals surface area contributed by atoms with Crippen molar-refractivity contribution in [3.63, 3.8) is 0 Å². The summed E-state index contributed by atoms with van der Waals surface area (Å²) < 4.78 is 5.11. The van der Waals surface area contributed by atoms with E-state index < -0.39 is 24.4 Å². The van der Waals surface area contributed by atoms with E-state index >= 15 is 0 Å². The molecule has 0 unspecified atom stereocenters. The summed E-state index contributed by atoms with van der Waals surface area (Å²) in [6, 6.07) is 15.9. The molecule has 2 aromatic rings. The maximum Gasteiger partial charge on any atom is 0.311 e. The van der Waals surface area contributed by atoms with Crippen LogP contribution in [0.25, 0.3) is 0 Å². The van der Waals surface area contributed by atoms with Crippen LogP contribution in [-0.2, 0) is 25.5 Å². The maximum atomic E-state index is 12.4. The molecule has 3 rings (SSSR count). The minimum Gasteiger partial charge on any atom is -0.455 e. The van der Waals surface area contributed by atoms with E-state index in [1.165, 1.54) is 0 Å². The van der Waals surface area contributed by atoms with Crippen molar-refractivity contribution in [2.75, 3.05) is 23.4 Å². The number of para-hydroxylation sites is 1. The highest BCUT2D eigenvalue weighted by Gasteiger charge is 2.36. The number of nitrogens with zero attached hydrogens (tertiary/aromatic N) is 2. The summed E-state index contributed by atoms with van der Waals surface area (Å²) in [5.41, 5.74) is 2.84. The normalized spacial score (nSPS) is 15.7. The highest BCUT2D eigenvalue weighted by molar-refractivity contribution is 6.00. The van der Waals surface area contributed by atoms with Gasteiger partial charge in [0.1, 0.15) is 0 Å². The van der Waals surface area contributed by atoms with Crippen LogP contribution in [-0.4, -0.2) is 30.9 Å². The molecule has 2 amide bonds. The van der Waals surface area contributed by atoms with Gasteiger partial charge < -0.3 is 15.0 Å². The Hall–Kier alpha value is -3.66. The van der Waals surface area contributed by atoms with Crippen molar-refractivity contribution in [2.45, 2.75) is 19.8 Å². The second-order valence-corrected chi connectivity index (χ2v) is 6.73. The van der Waals surface area contributed by atoms with Crippen LogP contribution in [0.4, 0.5) is 11.4 Å². The molecule has 1 atom stereocenters. The van der Waals surface area contributed by atoms with Crippen LogP contribution in [0.15, 0.2) is 48.5 Å². The van der Waals surface area contributed by atoms with Gasteiger partial charge in [-0.1, -0.05) is 25.1 Å². The average Bonchev–Trinajstić information content (AvgIpc) is 3.14. The highest BCUT2D eigenvalue weighted by atomic mass is 16.5. The summed E-state index contributed by atoms with van der Waals surface area (Å²) in [6.45, 7) is 1.82. The molecule has 1 aliphatic heterocycles. The number of rotatable bonds is 6. The zero-order valence-corrected chi connectivity index (χ0v) is 16.1. The molecule has 1 N–H and O–H groups in total. The Morgan fingerprint density at radius 1 is 1.21 bits per heavy atom. The van der Waals surface area contributed by atoms with Gasteiger partial charge >= 0.3 is 5.97 Å². The molecule has 0 spiro atoms. The Labute approximate surface area is 168 Å². The fourth-order valence-electron chi connectivity index (χ4n) is 3.25. The number of nitrogens with one attached hydrogen (secondary N) is 1. The number of hydrogen-bond acceptors (Lipinski definition) is 5. The number of nitriles is 1. The second kappa shape index (κ2) is 9.02. The van der Waals surface area contributed by atoms with E-state index in [-0.39, 0.29) is 18.9 Å². The van der Waals surface area contributed by atoms with Crippen molar-refractivity contribution >= 4 is 29.2 Å². The number of esters is 1. The lowest BCUT2D eigenvalue weighted by Crippen LogP contribution is -2.28. The van der Waals surface area contributed by atoms with E-state index in [4.69, 9.17) is 10.00 Å². The molecule has 0 saturated carbocycles. The quantitative estimate of drug-likeness (QED) is 0.763. The first-order valence-electron chi connectivity index (χ1n) is 9.36. The van der Waals surface area contributed by atoms with E-state index in [0.717, 1.165) is 17.7 Å². The fraction of sp³-hybridized carbons (Fsp3) is 0.273. The van der Waals surface area contributed by atoms with Crippen LogP contribution in [0.5, 0.6) is 0 Å². The molecular weight excluding hydrogens is 370 g/mol. The fourth-order valence-corrected chi connectivity index (χ4v) is 3.25. The molecule has 1 saturated heterocycles. The van der Waals surface area contributed by atoms with Crippen molar-refractivity contribution in [3.05, 3.63) is 59.7 Å². The van der Waals surface area contributed by atoms with Crippen LogP contribution in [0.3, 0.4) is 0 Å². The van der Waals surface area contributed by atoms with E-state index in [1.54, 1.807) is 29.2 Å². The summed E-state index contributed by atoms with van der Waals surface area (Å²) in [5.74, 6) is -1.78. The molecular formula is C22H21N3O4. The number of anilines is 2. The molecule has 1 fully saturated rings. The zero-order valence-electron chi connectivity index (χ0n) is 16.1. The maximum absolute atomic E-state index is 12.4. The number of carbonyl (C=O) groups is 3. The SMILES string of the molecule is CCc1ccccc1N1C[C@@H](C(=O)OCC(=O)Nc2ccc(C#N)cc2)CC1=O. The Bertz CT molecular complexity index is 963. The Balaban J connectivity index is 1.54. The van der Waals surface area contributed by atoms with Crippen molar-refractivity contribution in [1.82, 2.24) is 0 Å². The van der Waals surface area contributed by atoms with Crippen molar-refractivity contribution in [2.24, 2.45) is 5.92 Å². The number of benzene rings is 2. The smallest absolute Gasteiger partial charge is 0.311 e. The lowest BCUT2D eigenvalue weighted by Gasteiger charge is -2.19. The Morgan fingerprint density at radius 2 is 1.93 bits per heavy atom. The van der Waals surface area contributed by atoms with Crippen molar-refractivity contribution in [1.29, 1.82) is 5.26 Å². The molecule has 0 bridgehead atoms. The molecule has 148 valence electrons. The first kappa shape index (κ1) is 20.1. The van der Waals surface area contributed by atoms with Gasteiger partial charge in [0.25, 0.3) is 5.91 Å². The largest absolute Gasteiger partial charge is 0.455 e. The molecule has 0 radical (unpaired) electrons. The van der Waals surface area contributed by atoms with Gasteiger partial charge in [0.05, 0.1) is 17.6 Å². The minimum absolute atomic E-state index is 0.0636. The van der Waals surface area contributed by atoms with Gasteiger partial charge in [0.15, 0.2) is 6.61 Å². The standard InChI is InChI=1S/C22H21N3O4/c1-2-16-5-3-4-6-19(16)25-13-17(11-21(25)27)22(28)29-14-20(26)24-18-9-7-15(12-23)8-10-18/h3-10,17H,2,11,13-14H2,1H3,(H,24,26)/t17-/m0/s1. The lowest BCUT2D eigenvalue weighted by atomic mass is 10.1. The van der Waals surface area contributed by atoms with Gasteiger partial charge in [-0.3, -0.25) is 14.4 Å². The van der Waals surface area contributed by atoms with Gasteiger partial charge in [-0.25, -0.2) is 0 Å². The summed E-state index contributed by atoms with van der Waals surface area (Å²) >= 11 is 0.